The summed E-state index contributed by atoms with van der Waals surface area (Å²) >= 11 is 1.70. The van der Waals surface area contributed by atoms with Crippen LogP contribution < -0.4 is 10.2 Å². The normalized spacial score (nSPS) is 23.4. The highest BCUT2D eigenvalue weighted by Gasteiger charge is 2.51. The van der Waals surface area contributed by atoms with Gasteiger partial charge in [-0.25, -0.2) is 0 Å². The van der Waals surface area contributed by atoms with Gasteiger partial charge in [0, 0.05) is 4.90 Å². The molecule has 2 fully saturated rings. The molecule has 1 aliphatic heterocycles. The maximum Gasteiger partial charge on any atom is 0.494 e. The molecule has 0 unspecified atom stereocenters. The molecule has 0 amide bonds. The average Bonchev–Trinajstić information content (AvgIpc) is 3.17. The van der Waals surface area contributed by atoms with E-state index >= 15 is 0 Å². The molecular formula is C16H23BO3S. The van der Waals surface area contributed by atoms with E-state index in [2.05, 4.69) is 46.1 Å². The molecule has 0 spiro atoms. The topological polar surface area (TPSA) is 27.7 Å². The highest BCUT2D eigenvalue weighted by Crippen LogP contribution is 2.37. The second-order valence-electron chi connectivity index (χ2n) is 6.82. The molecule has 1 aromatic carbocycles. The molecule has 1 saturated heterocycles. The molecule has 114 valence electrons. The number of benzene rings is 1. The second kappa shape index (κ2) is 5.22. The number of hydrogen-bond acceptors (Lipinski definition) is 4. The molecule has 0 N–H and O–H groups in total. The summed E-state index contributed by atoms with van der Waals surface area (Å²) in [4.78, 5) is 1.15. The smallest absolute Gasteiger partial charge is 0.489 e. The van der Waals surface area contributed by atoms with Crippen LogP contribution in [0.1, 0.15) is 40.5 Å². The summed E-state index contributed by atoms with van der Waals surface area (Å²) in [6.07, 6.45) is 4.83. The van der Waals surface area contributed by atoms with E-state index in [4.69, 9.17) is 14.0 Å². The van der Waals surface area contributed by atoms with Crippen LogP contribution in [0.25, 0.3) is 0 Å². The van der Waals surface area contributed by atoms with Crippen LogP contribution in [0.4, 0.5) is 0 Å². The first-order chi connectivity index (χ1) is 9.82. The predicted molar refractivity (Wildman–Crippen MR) is 87.6 cm³/mol. The first-order valence-electron chi connectivity index (χ1n) is 7.53. The fourth-order valence-corrected chi connectivity index (χ4v) is 2.84. The van der Waals surface area contributed by atoms with Crippen LogP contribution in [0, 0.1) is 0 Å². The van der Waals surface area contributed by atoms with Gasteiger partial charge < -0.3 is 14.0 Å². The Morgan fingerprint density at radius 1 is 1.14 bits per heavy atom. The van der Waals surface area contributed by atoms with Crippen LogP contribution >= 0.6 is 11.8 Å². The number of rotatable bonds is 4. The molecule has 1 aromatic rings. The Hall–Kier alpha value is -0.645. The highest BCUT2D eigenvalue weighted by atomic mass is 32.2. The van der Waals surface area contributed by atoms with E-state index in [-0.39, 0.29) is 18.3 Å². The Balaban J connectivity index is 1.83. The standard InChI is InChI=1S/C16H23BO3S/c1-15(2)16(3,4)20-17(19-15)11-6-9-13(14(10-11)21-5)18-12-7-8-12/h6,9-10,12H,7-8H2,1-5H3. The summed E-state index contributed by atoms with van der Waals surface area (Å²) in [5.74, 6) is 0.977. The van der Waals surface area contributed by atoms with E-state index in [9.17, 15) is 0 Å². The molecular weight excluding hydrogens is 283 g/mol. The van der Waals surface area contributed by atoms with Crippen molar-refractivity contribution in [3.05, 3.63) is 18.2 Å². The van der Waals surface area contributed by atoms with Crippen molar-refractivity contribution in [1.82, 2.24) is 0 Å². The van der Waals surface area contributed by atoms with Gasteiger partial charge in [-0.15, -0.1) is 11.8 Å². The van der Waals surface area contributed by atoms with E-state index in [0.717, 1.165) is 16.1 Å². The molecule has 1 saturated carbocycles. The zero-order chi connectivity index (χ0) is 15.3. The largest absolute Gasteiger partial charge is 0.494 e. The lowest BCUT2D eigenvalue weighted by molar-refractivity contribution is 0.00578. The van der Waals surface area contributed by atoms with Crippen molar-refractivity contribution >= 4 is 24.3 Å². The van der Waals surface area contributed by atoms with Gasteiger partial charge in [0.2, 0.25) is 0 Å². The minimum atomic E-state index is -0.309. The molecule has 0 radical (unpaired) electrons. The van der Waals surface area contributed by atoms with Gasteiger partial charge in [-0.05, 0) is 64.4 Å². The fourth-order valence-electron chi connectivity index (χ4n) is 2.27. The van der Waals surface area contributed by atoms with Crippen LogP contribution in [0.5, 0.6) is 5.75 Å². The summed E-state index contributed by atoms with van der Waals surface area (Å²) in [6, 6.07) is 6.23. The maximum absolute atomic E-state index is 6.11. The van der Waals surface area contributed by atoms with Crippen LogP contribution in [0.3, 0.4) is 0 Å². The van der Waals surface area contributed by atoms with Gasteiger partial charge in [0.15, 0.2) is 0 Å². The molecule has 21 heavy (non-hydrogen) atoms. The first-order valence-corrected chi connectivity index (χ1v) is 8.75. The van der Waals surface area contributed by atoms with Gasteiger partial charge in [0.25, 0.3) is 0 Å². The number of thioether (sulfide) groups is 1. The molecule has 3 rings (SSSR count). The van der Waals surface area contributed by atoms with Gasteiger partial charge in [-0.3, -0.25) is 0 Å². The van der Waals surface area contributed by atoms with Crippen molar-refractivity contribution in [2.24, 2.45) is 0 Å². The Bertz CT molecular complexity index is 524. The zero-order valence-corrected chi connectivity index (χ0v) is 14.3. The first kappa shape index (κ1) is 15.3. The lowest BCUT2D eigenvalue weighted by Gasteiger charge is -2.32. The van der Waals surface area contributed by atoms with Crippen LogP contribution in [-0.4, -0.2) is 30.7 Å². The zero-order valence-electron chi connectivity index (χ0n) is 13.4. The highest BCUT2D eigenvalue weighted by molar-refractivity contribution is 7.98. The Kier molecular flexibility index (Phi) is 3.79. The molecule has 0 aromatic heterocycles. The van der Waals surface area contributed by atoms with Gasteiger partial charge in [-0.2, -0.15) is 0 Å². The third-order valence-corrected chi connectivity index (χ3v) is 5.29. The fraction of sp³-hybridized carbons (Fsp3) is 0.625. The summed E-state index contributed by atoms with van der Waals surface area (Å²) in [6.45, 7) is 8.31. The van der Waals surface area contributed by atoms with Crippen molar-refractivity contribution in [3.63, 3.8) is 0 Å². The SMILES string of the molecule is CSc1cc(B2OC(C)(C)C(C)(C)O2)ccc1OC1CC1. The van der Waals surface area contributed by atoms with Crippen LogP contribution in [-0.2, 0) is 9.31 Å². The Labute approximate surface area is 131 Å². The van der Waals surface area contributed by atoms with Gasteiger partial charge in [0.05, 0.1) is 17.3 Å². The van der Waals surface area contributed by atoms with Crippen molar-refractivity contribution in [2.75, 3.05) is 6.26 Å². The number of hydrogen-bond donors (Lipinski definition) is 0. The molecule has 5 heteroatoms. The molecule has 3 nitrogen and oxygen atoms in total. The average molecular weight is 306 g/mol. The van der Waals surface area contributed by atoms with E-state index in [1.165, 1.54) is 12.8 Å². The quantitative estimate of drug-likeness (QED) is 0.630. The van der Waals surface area contributed by atoms with Crippen LogP contribution in [0.15, 0.2) is 23.1 Å². The number of ether oxygens (including phenoxy) is 1. The minimum Gasteiger partial charge on any atom is -0.489 e. The molecule has 1 heterocycles. The van der Waals surface area contributed by atoms with E-state index in [1.54, 1.807) is 11.8 Å². The monoisotopic (exact) mass is 306 g/mol. The maximum atomic E-state index is 6.11. The summed E-state index contributed by atoms with van der Waals surface area (Å²) < 4.78 is 18.2. The summed E-state index contributed by atoms with van der Waals surface area (Å²) in [5.41, 5.74) is 0.446. The van der Waals surface area contributed by atoms with Crippen molar-refractivity contribution in [1.29, 1.82) is 0 Å². The lowest BCUT2D eigenvalue weighted by atomic mass is 9.79. The molecule has 1 aliphatic carbocycles. The lowest BCUT2D eigenvalue weighted by Crippen LogP contribution is -2.41. The van der Waals surface area contributed by atoms with Crippen LogP contribution in [0.2, 0.25) is 0 Å². The molecule has 0 atom stereocenters. The summed E-state index contributed by atoms with van der Waals surface area (Å²) in [5, 5.41) is 0. The second-order valence-corrected chi connectivity index (χ2v) is 7.66. The molecule has 0 bridgehead atoms. The van der Waals surface area contributed by atoms with Crippen molar-refractivity contribution in [2.45, 2.75) is 62.7 Å². The van der Waals surface area contributed by atoms with E-state index in [0.29, 0.717) is 6.10 Å². The Morgan fingerprint density at radius 2 is 1.76 bits per heavy atom. The van der Waals surface area contributed by atoms with E-state index < -0.39 is 0 Å². The van der Waals surface area contributed by atoms with E-state index in [1.807, 2.05) is 6.07 Å². The third kappa shape index (κ3) is 2.96. The van der Waals surface area contributed by atoms with Crippen molar-refractivity contribution < 1.29 is 14.0 Å². The minimum absolute atomic E-state index is 0.305. The molecule has 2 aliphatic rings. The van der Waals surface area contributed by atoms with Gasteiger partial charge in [0.1, 0.15) is 5.75 Å². The Morgan fingerprint density at radius 3 is 2.29 bits per heavy atom. The van der Waals surface area contributed by atoms with Crippen molar-refractivity contribution in [3.8, 4) is 5.75 Å². The third-order valence-electron chi connectivity index (χ3n) is 4.53. The van der Waals surface area contributed by atoms with Gasteiger partial charge in [-0.1, -0.05) is 6.07 Å². The predicted octanol–water partition coefficient (Wildman–Crippen LogP) is 3.25. The summed E-state index contributed by atoms with van der Waals surface area (Å²) in [7, 11) is -0.309. The van der Waals surface area contributed by atoms with Gasteiger partial charge >= 0.3 is 7.12 Å².